The van der Waals surface area contributed by atoms with Gasteiger partial charge in [-0.25, -0.2) is 9.37 Å². The molecule has 124 valence electrons. The van der Waals surface area contributed by atoms with Crippen LogP contribution < -0.4 is 0 Å². The third-order valence-electron chi connectivity index (χ3n) is 4.58. The molecule has 1 aliphatic heterocycles. The summed E-state index contributed by atoms with van der Waals surface area (Å²) in [6, 6.07) is 6.21. The quantitative estimate of drug-likeness (QED) is 0.725. The summed E-state index contributed by atoms with van der Waals surface area (Å²) in [6.07, 6.45) is 7.18. The monoisotopic (exact) mass is 343 g/mol. The van der Waals surface area contributed by atoms with Gasteiger partial charge in [-0.1, -0.05) is 12.1 Å². The summed E-state index contributed by atoms with van der Waals surface area (Å²) in [4.78, 5) is 20.5. The molecule has 0 aliphatic carbocycles. The van der Waals surface area contributed by atoms with Gasteiger partial charge in [0.2, 0.25) is 5.91 Å². The molecular formula is C18H18FN3OS. The Balaban J connectivity index is 1.58. The molecule has 4 rings (SSSR count). The van der Waals surface area contributed by atoms with Crippen molar-refractivity contribution in [2.75, 3.05) is 6.54 Å². The number of halogens is 1. The van der Waals surface area contributed by atoms with E-state index >= 15 is 0 Å². The summed E-state index contributed by atoms with van der Waals surface area (Å²) < 4.78 is 15.1. The highest BCUT2D eigenvalue weighted by atomic mass is 32.1. The van der Waals surface area contributed by atoms with E-state index in [0.29, 0.717) is 6.42 Å². The number of carbonyl (C=O) groups is 1. The number of rotatable bonds is 3. The Labute approximate surface area is 143 Å². The van der Waals surface area contributed by atoms with Crippen LogP contribution in [0.25, 0.3) is 4.83 Å². The molecule has 0 bridgehead atoms. The topological polar surface area (TPSA) is 37.6 Å². The number of thiazole rings is 1. The van der Waals surface area contributed by atoms with Crippen LogP contribution in [0.4, 0.5) is 4.39 Å². The van der Waals surface area contributed by atoms with Gasteiger partial charge < -0.3 is 4.90 Å². The molecule has 0 saturated carbocycles. The lowest BCUT2D eigenvalue weighted by Gasteiger charge is -2.35. The van der Waals surface area contributed by atoms with Crippen molar-refractivity contribution in [1.29, 1.82) is 0 Å². The van der Waals surface area contributed by atoms with Crippen molar-refractivity contribution in [3.8, 4) is 0 Å². The van der Waals surface area contributed by atoms with Gasteiger partial charge in [0.15, 0.2) is 0 Å². The Morgan fingerprint density at radius 2 is 2.12 bits per heavy atom. The van der Waals surface area contributed by atoms with Gasteiger partial charge in [-0.2, -0.15) is 0 Å². The zero-order valence-corrected chi connectivity index (χ0v) is 14.0. The van der Waals surface area contributed by atoms with Gasteiger partial charge in [0.05, 0.1) is 18.2 Å². The van der Waals surface area contributed by atoms with E-state index < -0.39 is 0 Å². The van der Waals surface area contributed by atoms with E-state index in [1.165, 1.54) is 12.1 Å². The number of aromatic nitrogens is 2. The molecule has 3 heterocycles. The van der Waals surface area contributed by atoms with Crippen LogP contribution in [-0.4, -0.2) is 26.7 Å². The zero-order chi connectivity index (χ0) is 16.5. The van der Waals surface area contributed by atoms with Crippen molar-refractivity contribution in [2.24, 2.45) is 0 Å². The number of hydrogen-bond donors (Lipinski definition) is 0. The first-order chi connectivity index (χ1) is 11.7. The zero-order valence-electron chi connectivity index (χ0n) is 13.2. The smallest absolute Gasteiger partial charge is 0.227 e. The molecule has 0 radical (unpaired) electrons. The SMILES string of the molecule is O=C(Cc1ccc(F)cc1)N1CCCC[C@H]1c1ncn2ccsc12. The van der Waals surface area contributed by atoms with Crippen molar-refractivity contribution >= 4 is 22.1 Å². The summed E-state index contributed by atoms with van der Waals surface area (Å²) in [6.45, 7) is 0.759. The molecule has 0 spiro atoms. The van der Waals surface area contributed by atoms with Crippen molar-refractivity contribution in [3.05, 3.63) is 59.2 Å². The van der Waals surface area contributed by atoms with Crippen molar-refractivity contribution in [1.82, 2.24) is 14.3 Å². The van der Waals surface area contributed by atoms with E-state index in [0.717, 1.165) is 41.9 Å². The molecule has 2 aromatic heterocycles. The first-order valence-electron chi connectivity index (χ1n) is 8.16. The molecule has 4 nitrogen and oxygen atoms in total. The fourth-order valence-corrected chi connectivity index (χ4v) is 4.23. The van der Waals surface area contributed by atoms with Crippen LogP contribution in [0.1, 0.15) is 36.6 Å². The number of fused-ring (bicyclic) bond motifs is 1. The van der Waals surface area contributed by atoms with Crippen molar-refractivity contribution in [3.63, 3.8) is 0 Å². The Bertz CT molecular complexity index is 855. The van der Waals surface area contributed by atoms with E-state index in [-0.39, 0.29) is 17.8 Å². The molecule has 1 saturated heterocycles. The molecule has 1 aromatic carbocycles. The van der Waals surface area contributed by atoms with Crippen molar-refractivity contribution in [2.45, 2.75) is 31.7 Å². The largest absolute Gasteiger partial charge is 0.334 e. The van der Waals surface area contributed by atoms with E-state index in [9.17, 15) is 9.18 Å². The number of nitrogens with zero attached hydrogens (tertiary/aromatic N) is 3. The number of hydrogen-bond acceptors (Lipinski definition) is 3. The first kappa shape index (κ1) is 15.3. The van der Waals surface area contributed by atoms with Gasteiger partial charge in [0, 0.05) is 18.1 Å². The molecule has 1 atom stereocenters. The van der Waals surface area contributed by atoms with Crippen LogP contribution >= 0.6 is 11.3 Å². The van der Waals surface area contributed by atoms with Gasteiger partial charge in [-0.15, -0.1) is 11.3 Å². The van der Waals surface area contributed by atoms with Gasteiger partial charge in [-0.3, -0.25) is 9.20 Å². The second-order valence-corrected chi connectivity index (χ2v) is 7.04. The van der Waals surface area contributed by atoms with Crippen LogP contribution in [0.5, 0.6) is 0 Å². The minimum Gasteiger partial charge on any atom is -0.334 e. The van der Waals surface area contributed by atoms with Crippen LogP contribution in [0.2, 0.25) is 0 Å². The van der Waals surface area contributed by atoms with E-state index in [1.54, 1.807) is 23.5 Å². The molecule has 3 aromatic rings. The molecule has 6 heteroatoms. The fourth-order valence-electron chi connectivity index (χ4n) is 3.37. The molecule has 1 fully saturated rings. The third-order valence-corrected chi connectivity index (χ3v) is 5.48. The number of piperidine rings is 1. The molecule has 0 unspecified atom stereocenters. The Kier molecular flexibility index (Phi) is 4.06. The van der Waals surface area contributed by atoms with Gasteiger partial charge >= 0.3 is 0 Å². The summed E-state index contributed by atoms with van der Waals surface area (Å²) in [5, 5.41) is 2.04. The van der Waals surface area contributed by atoms with Gasteiger partial charge in [0.25, 0.3) is 0 Å². The predicted octanol–water partition coefficient (Wildman–Crippen LogP) is 3.83. The molecule has 1 amide bonds. The Morgan fingerprint density at radius 3 is 2.96 bits per heavy atom. The van der Waals surface area contributed by atoms with Crippen LogP contribution in [-0.2, 0) is 11.2 Å². The number of likely N-dealkylation sites (tertiary alicyclic amines) is 1. The highest BCUT2D eigenvalue weighted by molar-refractivity contribution is 7.15. The van der Waals surface area contributed by atoms with Crippen LogP contribution in [0, 0.1) is 5.82 Å². The lowest BCUT2D eigenvalue weighted by molar-refractivity contribution is -0.134. The maximum Gasteiger partial charge on any atom is 0.227 e. The van der Waals surface area contributed by atoms with E-state index in [4.69, 9.17) is 0 Å². The van der Waals surface area contributed by atoms with Crippen LogP contribution in [0.3, 0.4) is 0 Å². The average Bonchev–Trinajstić information content (AvgIpc) is 3.20. The number of imidazole rings is 1. The number of carbonyl (C=O) groups excluding carboxylic acids is 1. The average molecular weight is 343 g/mol. The summed E-state index contributed by atoms with van der Waals surface area (Å²) in [5.41, 5.74) is 1.84. The normalized spacial score (nSPS) is 18.2. The van der Waals surface area contributed by atoms with Gasteiger partial charge in [-0.05, 0) is 37.0 Å². The molecule has 0 N–H and O–H groups in total. The molecular weight excluding hydrogens is 325 g/mol. The number of amides is 1. The van der Waals surface area contributed by atoms with Crippen molar-refractivity contribution < 1.29 is 9.18 Å². The summed E-state index contributed by atoms with van der Waals surface area (Å²) in [5.74, 6) is -0.191. The van der Waals surface area contributed by atoms with Gasteiger partial charge in [0.1, 0.15) is 17.0 Å². The predicted molar refractivity (Wildman–Crippen MR) is 91.5 cm³/mol. The Hall–Kier alpha value is -2.21. The summed E-state index contributed by atoms with van der Waals surface area (Å²) >= 11 is 1.65. The first-order valence-corrected chi connectivity index (χ1v) is 9.04. The second-order valence-electron chi connectivity index (χ2n) is 6.15. The fraction of sp³-hybridized carbons (Fsp3) is 0.333. The Morgan fingerprint density at radius 1 is 1.29 bits per heavy atom. The molecule has 1 aliphatic rings. The maximum atomic E-state index is 13.0. The summed E-state index contributed by atoms with van der Waals surface area (Å²) in [7, 11) is 0. The highest BCUT2D eigenvalue weighted by Crippen LogP contribution is 2.34. The second kappa shape index (κ2) is 6.36. The number of benzene rings is 1. The van der Waals surface area contributed by atoms with E-state index in [2.05, 4.69) is 4.98 Å². The lowest BCUT2D eigenvalue weighted by Crippen LogP contribution is -2.39. The van der Waals surface area contributed by atoms with E-state index in [1.807, 2.05) is 27.2 Å². The van der Waals surface area contributed by atoms with Crippen LogP contribution in [0.15, 0.2) is 42.2 Å². The third kappa shape index (κ3) is 2.82. The lowest BCUT2D eigenvalue weighted by atomic mass is 9.98. The maximum absolute atomic E-state index is 13.0. The minimum absolute atomic E-state index is 0.0374. The highest BCUT2D eigenvalue weighted by Gasteiger charge is 2.30. The standard InChI is InChI=1S/C18H18FN3OS/c19-14-6-4-13(5-7-14)11-16(23)22-8-2-1-3-15(22)17-18-21(12-20-17)9-10-24-18/h4-7,9-10,12,15H,1-3,8,11H2/t15-/m0/s1. The minimum atomic E-state index is -0.278. The molecule has 24 heavy (non-hydrogen) atoms.